The normalized spacial score (nSPS) is 22.0. The molecule has 2 rings (SSSR count). The molecule has 1 amide bonds. The summed E-state index contributed by atoms with van der Waals surface area (Å²) in [6, 6.07) is 4.17. The summed E-state index contributed by atoms with van der Waals surface area (Å²) in [5.74, 6) is 0.0951. The monoisotopic (exact) mass is 405 g/mol. The van der Waals surface area contributed by atoms with Crippen LogP contribution in [-0.4, -0.2) is 25.2 Å². The molecule has 0 aliphatic heterocycles. The molecule has 1 N–H and O–H groups in total. The van der Waals surface area contributed by atoms with Crippen molar-refractivity contribution in [2.24, 2.45) is 5.92 Å². The number of ether oxygens (including phenoxy) is 1. The van der Waals surface area contributed by atoms with Crippen LogP contribution in [0.4, 0.5) is 4.39 Å². The fraction of sp³-hybridized carbons (Fsp3) is 0.562. The van der Waals surface area contributed by atoms with E-state index in [0.29, 0.717) is 34.3 Å². The van der Waals surface area contributed by atoms with Crippen LogP contribution in [0.3, 0.4) is 0 Å². The molecule has 1 aromatic carbocycles. The van der Waals surface area contributed by atoms with Crippen molar-refractivity contribution in [1.82, 2.24) is 5.32 Å². The zero-order chi connectivity index (χ0) is 15.2. The van der Waals surface area contributed by atoms with Crippen molar-refractivity contribution in [3.8, 4) is 0 Å². The van der Waals surface area contributed by atoms with E-state index in [4.69, 9.17) is 4.74 Å². The van der Waals surface area contributed by atoms with Gasteiger partial charge < -0.3 is 10.1 Å². The summed E-state index contributed by atoms with van der Waals surface area (Å²) in [7, 11) is 0. The first-order valence-electron chi connectivity index (χ1n) is 7.43. The van der Waals surface area contributed by atoms with E-state index in [1.807, 2.05) is 22.6 Å². The molecular formula is C16H21FINO2. The first-order chi connectivity index (χ1) is 10.1. The van der Waals surface area contributed by atoms with E-state index in [1.54, 1.807) is 0 Å². The Morgan fingerprint density at radius 1 is 1.43 bits per heavy atom. The second-order valence-corrected chi connectivity index (χ2v) is 6.71. The van der Waals surface area contributed by atoms with E-state index >= 15 is 0 Å². The quantitative estimate of drug-likeness (QED) is 0.599. The largest absolute Gasteiger partial charge is 0.376 e. The van der Waals surface area contributed by atoms with E-state index in [1.165, 1.54) is 37.5 Å². The zero-order valence-corrected chi connectivity index (χ0v) is 14.4. The predicted molar refractivity (Wildman–Crippen MR) is 88.8 cm³/mol. The third kappa shape index (κ3) is 4.92. The molecule has 0 unspecified atom stereocenters. The van der Waals surface area contributed by atoms with Gasteiger partial charge in [0.1, 0.15) is 5.82 Å². The molecule has 21 heavy (non-hydrogen) atoms. The molecule has 1 fully saturated rings. The van der Waals surface area contributed by atoms with Gasteiger partial charge >= 0.3 is 0 Å². The topological polar surface area (TPSA) is 38.3 Å². The number of rotatable bonds is 5. The molecule has 3 nitrogen and oxygen atoms in total. The van der Waals surface area contributed by atoms with Gasteiger partial charge in [0.15, 0.2) is 0 Å². The van der Waals surface area contributed by atoms with Gasteiger partial charge in [0.2, 0.25) is 0 Å². The molecule has 0 heterocycles. The Hall–Kier alpha value is -0.690. The van der Waals surface area contributed by atoms with Gasteiger partial charge in [-0.2, -0.15) is 0 Å². The van der Waals surface area contributed by atoms with Crippen LogP contribution in [0, 0.1) is 15.3 Å². The first kappa shape index (κ1) is 16.7. The molecule has 0 bridgehead atoms. The van der Waals surface area contributed by atoms with Crippen molar-refractivity contribution in [3.63, 3.8) is 0 Å². The Balaban J connectivity index is 1.74. The maximum atomic E-state index is 13.0. The highest BCUT2D eigenvalue weighted by molar-refractivity contribution is 14.1. The molecule has 1 aromatic rings. The van der Waals surface area contributed by atoms with Crippen LogP contribution in [0.2, 0.25) is 0 Å². The third-order valence-corrected chi connectivity index (χ3v) is 4.82. The lowest BCUT2D eigenvalue weighted by Gasteiger charge is -2.28. The van der Waals surface area contributed by atoms with Gasteiger partial charge in [-0.05, 0) is 59.5 Å². The minimum Gasteiger partial charge on any atom is -0.376 e. The van der Waals surface area contributed by atoms with Gasteiger partial charge in [-0.25, -0.2) is 4.39 Å². The van der Waals surface area contributed by atoms with Crippen molar-refractivity contribution in [2.45, 2.75) is 38.7 Å². The van der Waals surface area contributed by atoms with Gasteiger partial charge in [-0.1, -0.05) is 19.8 Å². The van der Waals surface area contributed by atoms with Gasteiger partial charge in [-0.15, -0.1) is 0 Å². The second-order valence-electron chi connectivity index (χ2n) is 5.55. The molecule has 0 saturated heterocycles. The fourth-order valence-electron chi connectivity index (χ4n) is 2.67. The van der Waals surface area contributed by atoms with Crippen LogP contribution in [0.25, 0.3) is 0 Å². The van der Waals surface area contributed by atoms with E-state index in [-0.39, 0.29) is 11.7 Å². The standard InChI is InChI=1S/C16H21FINO2/c1-11-4-2-3-5-15(11)21-9-8-19-16(20)13-7-6-12(17)10-14(13)18/h6-7,10-11,15H,2-5,8-9H2,1H3,(H,19,20)/t11-,15+/m0/s1. The second kappa shape index (κ2) is 8.08. The molecule has 1 aliphatic rings. The summed E-state index contributed by atoms with van der Waals surface area (Å²) >= 11 is 1.97. The Morgan fingerprint density at radius 2 is 2.19 bits per heavy atom. The highest BCUT2D eigenvalue weighted by atomic mass is 127. The predicted octanol–water partition coefficient (Wildman–Crippen LogP) is 3.76. The summed E-state index contributed by atoms with van der Waals surface area (Å²) in [5, 5.41) is 2.82. The van der Waals surface area contributed by atoms with Crippen LogP contribution < -0.4 is 5.32 Å². The number of nitrogens with one attached hydrogen (secondary N) is 1. The summed E-state index contributed by atoms with van der Waals surface area (Å²) in [6.45, 7) is 3.23. The number of hydrogen-bond donors (Lipinski definition) is 1. The van der Waals surface area contributed by atoms with E-state index < -0.39 is 0 Å². The minimum atomic E-state index is -0.328. The number of carbonyl (C=O) groups is 1. The number of halogens is 2. The van der Waals surface area contributed by atoms with Crippen molar-refractivity contribution in [1.29, 1.82) is 0 Å². The number of amides is 1. The lowest BCUT2D eigenvalue weighted by Crippen LogP contribution is -2.32. The van der Waals surface area contributed by atoms with Crippen molar-refractivity contribution in [3.05, 3.63) is 33.1 Å². The Labute approximate surface area is 138 Å². The Kier molecular flexibility index (Phi) is 6.41. The van der Waals surface area contributed by atoms with E-state index in [2.05, 4.69) is 12.2 Å². The van der Waals surface area contributed by atoms with Crippen LogP contribution in [0.1, 0.15) is 43.0 Å². The molecule has 0 aromatic heterocycles. The molecular weight excluding hydrogens is 384 g/mol. The number of benzene rings is 1. The van der Waals surface area contributed by atoms with Gasteiger partial charge in [-0.3, -0.25) is 4.79 Å². The van der Waals surface area contributed by atoms with Crippen LogP contribution in [0.5, 0.6) is 0 Å². The van der Waals surface area contributed by atoms with Gasteiger partial charge in [0.05, 0.1) is 18.3 Å². The zero-order valence-electron chi connectivity index (χ0n) is 12.2. The van der Waals surface area contributed by atoms with Gasteiger partial charge in [0, 0.05) is 10.1 Å². The highest BCUT2D eigenvalue weighted by Gasteiger charge is 2.21. The molecule has 5 heteroatoms. The Bertz CT molecular complexity index is 495. The van der Waals surface area contributed by atoms with E-state index in [9.17, 15) is 9.18 Å². The summed E-state index contributed by atoms with van der Waals surface area (Å²) < 4.78 is 19.5. The van der Waals surface area contributed by atoms with Crippen molar-refractivity contribution >= 4 is 28.5 Å². The fourth-order valence-corrected chi connectivity index (χ4v) is 3.40. The smallest absolute Gasteiger partial charge is 0.252 e. The average Bonchev–Trinajstić information content (AvgIpc) is 2.45. The molecule has 1 aliphatic carbocycles. The van der Waals surface area contributed by atoms with E-state index in [0.717, 1.165) is 6.42 Å². The lowest BCUT2D eigenvalue weighted by molar-refractivity contribution is -0.00294. The highest BCUT2D eigenvalue weighted by Crippen LogP contribution is 2.26. The van der Waals surface area contributed by atoms with Crippen LogP contribution in [-0.2, 0) is 4.74 Å². The maximum Gasteiger partial charge on any atom is 0.252 e. The lowest BCUT2D eigenvalue weighted by atomic mass is 9.88. The SMILES string of the molecule is C[C@H]1CCCC[C@H]1OCCNC(=O)c1ccc(F)cc1I. The molecule has 0 spiro atoms. The van der Waals surface area contributed by atoms with Crippen LogP contribution >= 0.6 is 22.6 Å². The molecule has 1 saturated carbocycles. The van der Waals surface area contributed by atoms with Crippen molar-refractivity contribution in [2.75, 3.05) is 13.2 Å². The molecule has 0 radical (unpaired) electrons. The Morgan fingerprint density at radius 3 is 2.90 bits per heavy atom. The number of hydrogen-bond acceptors (Lipinski definition) is 2. The summed E-state index contributed by atoms with van der Waals surface area (Å²) in [4.78, 5) is 12.0. The minimum absolute atomic E-state index is 0.181. The maximum absolute atomic E-state index is 13.0. The number of carbonyl (C=O) groups excluding carboxylic acids is 1. The van der Waals surface area contributed by atoms with Gasteiger partial charge in [0.25, 0.3) is 5.91 Å². The van der Waals surface area contributed by atoms with Crippen LogP contribution in [0.15, 0.2) is 18.2 Å². The summed E-state index contributed by atoms with van der Waals surface area (Å²) in [6.07, 6.45) is 5.19. The molecule has 2 atom stereocenters. The average molecular weight is 405 g/mol. The van der Waals surface area contributed by atoms with Crippen molar-refractivity contribution < 1.29 is 13.9 Å². The third-order valence-electron chi connectivity index (χ3n) is 3.93. The summed E-state index contributed by atoms with van der Waals surface area (Å²) in [5.41, 5.74) is 0.503. The molecule has 116 valence electrons. The first-order valence-corrected chi connectivity index (χ1v) is 8.50.